The van der Waals surface area contributed by atoms with E-state index in [9.17, 15) is 9.59 Å². The number of halogens is 1. The standard InChI is InChI=1S/C26H35ClN4O5S/c1-5-36-25(33)23-20(16-35-15-14-30-10-12-31(13-11-30)26(37)28-3)29-17(2)21(24(32)34-4)22(23)18-8-6-7-9-19(18)27/h6-9,22,29H,5,10-16H2,1-4H3,(H,28,37). The maximum Gasteiger partial charge on any atom is 0.336 e. The van der Waals surface area contributed by atoms with Crippen LogP contribution >= 0.6 is 23.8 Å². The lowest BCUT2D eigenvalue weighted by atomic mass is 9.80. The molecule has 37 heavy (non-hydrogen) atoms. The van der Waals surface area contributed by atoms with Crippen LogP contribution in [-0.4, -0.2) is 93.6 Å². The van der Waals surface area contributed by atoms with E-state index in [0.717, 1.165) is 37.8 Å². The van der Waals surface area contributed by atoms with Crippen molar-refractivity contribution in [1.29, 1.82) is 0 Å². The van der Waals surface area contributed by atoms with Crippen LogP contribution in [0, 0.1) is 0 Å². The van der Waals surface area contributed by atoms with Crippen LogP contribution in [0.1, 0.15) is 25.3 Å². The Hall–Kier alpha value is -2.66. The highest BCUT2D eigenvalue weighted by Gasteiger charge is 2.39. The SMILES string of the molecule is CCOC(=O)C1=C(COCCN2CCN(C(=S)NC)CC2)NC(C)=C(C(=O)OC)C1c1ccccc1Cl. The molecule has 1 aromatic rings. The van der Waals surface area contributed by atoms with Crippen LogP contribution in [0.5, 0.6) is 0 Å². The van der Waals surface area contributed by atoms with Gasteiger partial charge in [-0.05, 0) is 37.7 Å². The van der Waals surface area contributed by atoms with E-state index in [0.29, 0.717) is 34.2 Å². The lowest BCUT2D eigenvalue weighted by molar-refractivity contribution is -0.139. The van der Waals surface area contributed by atoms with E-state index in [1.807, 2.05) is 13.1 Å². The first-order valence-electron chi connectivity index (χ1n) is 12.3. The summed E-state index contributed by atoms with van der Waals surface area (Å²) in [5.74, 6) is -1.85. The number of piperazine rings is 1. The zero-order valence-corrected chi connectivity index (χ0v) is 23.3. The summed E-state index contributed by atoms with van der Waals surface area (Å²) in [7, 11) is 3.15. The van der Waals surface area contributed by atoms with Crippen molar-refractivity contribution in [3.05, 3.63) is 57.4 Å². The van der Waals surface area contributed by atoms with Gasteiger partial charge < -0.3 is 29.7 Å². The molecule has 202 valence electrons. The number of nitrogens with one attached hydrogen (secondary N) is 2. The predicted molar refractivity (Wildman–Crippen MR) is 146 cm³/mol. The van der Waals surface area contributed by atoms with Gasteiger partial charge in [0.1, 0.15) is 0 Å². The van der Waals surface area contributed by atoms with Crippen molar-refractivity contribution < 1.29 is 23.8 Å². The van der Waals surface area contributed by atoms with Gasteiger partial charge in [0.05, 0.1) is 49.7 Å². The van der Waals surface area contributed by atoms with Crippen LogP contribution in [0.2, 0.25) is 5.02 Å². The smallest absolute Gasteiger partial charge is 0.336 e. The number of hydrogen-bond acceptors (Lipinski definition) is 8. The van der Waals surface area contributed by atoms with Crippen molar-refractivity contribution in [2.45, 2.75) is 19.8 Å². The molecule has 1 aromatic carbocycles. The van der Waals surface area contributed by atoms with Gasteiger partial charge in [0, 0.05) is 50.5 Å². The van der Waals surface area contributed by atoms with Gasteiger partial charge in [0.25, 0.3) is 0 Å². The fourth-order valence-corrected chi connectivity index (χ4v) is 4.99. The second kappa shape index (κ2) is 13.8. The molecule has 1 unspecified atom stereocenters. The molecule has 3 rings (SSSR count). The minimum Gasteiger partial charge on any atom is -0.466 e. The summed E-state index contributed by atoms with van der Waals surface area (Å²) < 4.78 is 16.5. The Bertz CT molecular complexity index is 1070. The van der Waals surface area contributed by atoms with Gasteiger partial charge in [-0.3, -0.25) is 4.90 Å². The Morgan fingerprint density at radius 3 is 2.49 bits per heavy atom. The molecule has 9 nitrogen and oxygen atoms in total. The fraction of sp³-hybridized carbons (Fsp3) is 0.500. The summed E-state index contributed by atoms with van der Waals surface area (Å²) in [5, 5.41) is 7.42. The van der Waals surface area contributed by atoms with Gasteiger partial charge >= 0.3 is 11.9 Å². The number of benzene rings is 1. The largest absolute Gasteiger partial charge is 0.466 e. The molecule has 0 amide bonds. The molecule has 1 saturated heterocycles. The van der Waals surface area contributed by atoms with Crippen LogP contribution in [0.4, 0.5) is 0 Å². The third kappa shape index (κ3) is 7.01. The molecule has 0 aliphatic carbocycles. The molecule has 1 fully saturated rings. The highest BCUT2D eigenvalue weighted by molar-refractivity contribution is 7.80. The minimum atomic E-state index is -0.760. The summed E-state index contributed by atoms with van der Waals surface area (Å²) in [5.41, 5.74) is 2.32. The van der Waals surface area contributed by atoms with Crippen LogP contribution in [0.3, 0.4) is 0 Å². The fourth-order valence-electron chi connectivity index (χ4n) is 4.56. The van der Waals surface area contributed by atoms with Crippen LogP contribution in [-0.2, 0) is 23.8 Å². The number of esters is 2. The summed E-state index contributed by atoms with van der Waals surface area (Å²) in [6, 6.07) is 7.14. The zero-order chi connectivity index (χ0) is 26.9. The zero-order valence-electron chi connectivity index (χ0n) is 21.8. The number of carbonyl (C=O) groups excluding carboxylic acids is 2. The Morgan fingerprint density at radius 2 is 1.86 bits per heavy atom. The van der Waals surface area contributed by atoms with Crippen molar-refractivity contribution in [3.63, 3.8) is 0 Å². The molecule has 0 bridgehead atoms. The number of hydrogen-bond donors (Lipinski definition) is 2. The van der Waals surface area contributed by atoms with Gasteiger partial charge in [-0.2, -0.15) is 0 Å². The number of thiocarbonyl (C=S) groups is 1. The number of nitrogens with zero attached hydrogens (tertiary/aromatic N) is 2. The molecule has 2 aliphatic heterocycles. The normalized spacial score (nSPS) is 18.4. The molecule has 2 N–H and O–H groups in total. The molecule has 2 heterocycles. The van der Waals surface area contributed by atoms with Crippen LogP contribution < -0.4 is 10.6 Å². The quantitative estimate of drug-likeness (QED) is 0.271. The number of rotatable bonds is 9. The topological polar surface area (TPSA) is 92.4 Å². The first-order chi connectivity index (χ1) is 17.8. The van der Waals surface area contributed by atoms with Gasteiger partial charge in [-0.15, -0.1) is 0 Å². The van der Waals surface area contributed by atoms with E-state index in [1.54, 1.807) is 32.0 Å². The van der Waals surface area contributed by atoms with Crippen LogP contribution in [0.25, 0.3) is 0 Å². The highest BCUT2D eigenvalue weighted by atomic mass is 35.5. The summed E-state index contributed by atoms with van der Waals surface area (Å²) in [6.07, 6.45) is 0. The van der Waals surface area contributed by atoms with E-state index in [1.165, 1.54) is 7.11 Å². The minimum absolute atomic E-state index is 0.144. The van der Waals surface area contributed by atoms with Crippen LogP contribution in [0.15, 0.2) is 46.8 Å². The Balaban J connectivity index is 1.80. The number of ether oxygens (including phenoxy) is 3. The van der Waals surface area contributed by atoms with Crippen molar-refractivity contribution in [2.24, 2.45) is 0 Å². The molecule has 0 saturated carbocycles. The summed E-state index contributed by atoms with van der Waals surface area (Å²) in [6.45, 7) is 8.56. The van der Waals surface area contributed by atoms with Gasteiger partial charge in [0.15, 0.2) is 5.11 Å². The lowest BCUT2D eigenvalue weighted by Crippen LogP contribution is -2.51. The van der Waals surface area contributed by atoms with E-state index in [-0.39, 0.29) is 18.8 Å². The van der Waals surface area contributed by atoms with E-state index < -0.39 is 17.9 Å². The molecule has 2 aliphatic rings. The van der Waals surface area contributed by atoms with E-state index in [2.05, 4.69) is 20.4 Å². The maximum atomic E-state index is 13.2. The monoisotopic (exact) mass is 550 g/mol. The lowest BCUT2D eigenvalue weighted by Gasteiger charge is -2.35. The van der Waals surface area contributed by atoms with E-state index in [4.69, 9.17) is 38.0 Å². The molecule has 0 spiro atoms. The first kappa shape index (κ1) is 28.9. The van der Waals surface area contributed by atoms with Gasteiger partial charge in [0.2, 0.25) is 0 Å². The molecule has 11 heteroatoms. The molecular formula is C26H35ClN4O5S. The third-order valence-electron chi connectivity index (χ3n) is 6.43. The average molecular weight is 551 g/mol. The van der Waals surface area contributed by atoms with E-state index >= 15 is 0 Å². The number of methoxy groups -OCH3 is 1. The molecule has 1 atom stereocenters. The van der Waals surface area contributed by atoms with Crippen molar-refractivity contribution in [2.75, 3.05) is 66.7 Å². The molecule has 0 aromatic heterocycles. The Labute approximate surface area is 228 Å². The van der Waals surface area contributed by atoms with Gasteiger partial charge in [-0.25, -0.2) is 9.59 Å². The average Bonchev–Trinajstić information content (AvgIpc) is 2.90. The second-order valence-corrected chi connectivity index (χ2v) is 9.45. The van der Waals surface area contributed by atoms with Gasteiger partial charge in [-0.1, -0.05) is 29.8 Å². The van der Waals surface area contributed by atoms with Crippen molar-refractivity contribution >= 4 is 40.9 Å². The second-order valence-electron chi connectivity index (χ2n) is 8.66. The van der Waals surface area contributed by atoms with Crippen molar-refractivity contribution in [3.8, 4) is 0 Å². The molecular weight excluding hydrogens is 516 g/mol. The highest BCUT2D eigenvalue weighted by Crippen LogP contribution is 2.41. The Kier molecular flexibility index (Phi) is 10.7. The molecule has 0 radical (unpaired) electrons. The number of carbonyl (C=O) groups is 2. The van der Waals surface area contributed by atoms with Crippen molar-refractivity contribution in [1.82, 2.24) is 20.4 Å². The summed E-state index contributed by atoms with van der Waals surface area (Å²) in [4.78, 5) is 30.5. The Morgan fingerprint density at radius 1 is 1.16 bits per heavy atom. The first-order valence-corrected chi connectivity index (χ1v) is 13.1. The number of allylic oxidation sites excluding steroid dienone is 1. The summed E-state index contributed by atoms with van der Waals surface area (Å²) >= 11 is 11.9. The third-order valence-corrected chi connectivity index (χ3v) is 7.24. The predicted octanol–water partition coefficient (Wildman–Crippen LogP) is 2.43. The number of dihydropyridines is 1. The maximum absolute atomic E-state index is 13.2.